The van der Waals surface area contributed by atoms with Gasteiger partial charge in [-0.25, -0.2) is 0 Å². The second-order valence-electron chi connectivity index (χ2n) is 6.83. The SMILES string of the molecule is Cc1ccc(CCC(=O)NC2CCN(C(=O)c3ccccn3)CC2)cc1. The Morgan fingerprint density at radius 3 is 2.50 bits per heavy atom. The zero-order valence-electron chi connectivity index (χ0n) is 15.1. The summed E-state index contributed by atoms with van der Waals surface area (Å²) in [5, 5.41) is 3.11. The minimum atomic E-state index is -0.0326. The van der Waals surface area contributed by atoms with Crippen LogP contribution in [-0.2, 0) is 11.2 Å². The van der Waals surface area contributed by atoms with Gasteiger partial charge in [-0.15, -0.1) is 0 Å². The molecule has 136 valence electrons. The Bertz CT molecular complexity index is 736. The predicted molar refractivity (Wildman–Crippen MR) is 101 cm³/mol. The van der Waals surface area contributed by atoms with Gasteiger partial charge in [-0.1, -0.05) is 35.9 Å². The number of rotatable bonds is 5. The van der Waals surface area contributed by atoms with Crippen LogP contribution in [0, 0.1) is 6.92 Å². The van der Waals surface area contributed by atoms with E-state index in [-0.39, 0.29) is 17.9 Å². The smallest absolute Gasteiger partial charge is 0.272 e. The maximum Gasteiger partial charge on any atom is 0.272 e. The molecule has 0 spiro atoms. The number of benzene rings is 1. The van der Waals surface area contributed by atoms with Crippen LogP contribution < -0.4 is 5.32 Å². The van der Waals surface area contributed by atoms with Gasteiger partial charge < -0.3 is 10.2 Å². The van der Waals surface area contributed by atoms with E-state index in [4.69, 9.17) is 0 Å². The van der Waals surface area contributed by atoms with Crippen LogP contribution in [-0.4, -0.2) is 40.8 Å². The molecule has 1 aromatic carbocycles. The van der Waals surface area contributed by atoms with Crippen LogP contribution in [0.25, 0.3) is 0 Å². The van der Waals surface area contributed by atoms with E-state index in [0.717, 1.165) is 19.3 Å². The molecule has 0 radical (unpaired) electrons. The molecule has 1 saturated heterocycles. The minimum Gasteiger partial charge on any atom is -0.353 e. The van der Waals surface area contributed by atoms with Crippen molar-refractivity contribution in [1.29, 1.82) is 0 Å². The van der Waals surface area contributed by atoms with Crippen LogP contribution in [0.5, 0.6) is 0 Å². The summed E-state index contributed by atoms with van der Waals surface area (Å²) in [6.45, 7) is 3.36. The van der Waals surface area contributed by atoms with Crippen LogP contribution in [0.4, 0.5) is 0 Å². The van der Waals surface area contributed by atoms with Crippen molar-refractivity contribution in [3.05, 3.63) is 65.5 Å². The van der Waals surface area contributed by atoms with Gasteiger partial charge in [-0.05, 0) is 43.9 Å². The number of pyridine rings is 1. The van der Waals surface area contributed by atoms with Crippen molar-refractivity contribution in [2.75, 3.05) is 13.1 Å². The van der Waals surface area contributed by atoms with Crippen LogP contribution in [0.1, 0.15) is 40.9 Å². The lowest BCUT2D eigenvalue weighted by Gasteiger charge is -2.32. The number of hydrogen-bond donors (Lipinski definition) is 1. The number of nitrogens with zero attached hydrogens (tertiary/aromatic N) is 2. The van der Waals surface area contributed by atoms with Gasteiger partial charge in [0.1, 0.15) is 5.69 Å². The fraction of sp³-hybridized carbons (Fsp3) is 0.381. The topological polar surface area (TPSA) is 62.3 Å². The van der Waals surface area contributed by atoms with Gasteiger partial charge in [0.2, 0.25) is 5.91 Å². The summed E-state index contributed by atoms with van der Waals surface area (Å²) < 4.78 is 0. The Labute approximate surface area is 154 Å². The van der Waals surface area contributed by atoms with Crippen molar-refractivity contribution in [3.63, 3.8) is 0 Å². The van der Waals surface area contributed by atoms with E-state index in [1.165, 1.54) is 11.1 Å². The first-order valence-corrected chi connectivity index (χ1v) is 9.17. The molecule has 2 heterocycles. The van der Waals surface area contributed by atoms with E-state index in [1.54, 1.807) is 18.3 Å². The lowest BCUT2D eigenvalue weighted by molar-refractivity contribution is -0.122. The molecule has 1 aromatic heterocycles. The molecule has 1 aliphatic rings. The predicted octanol–water partition coefficient (Wildman–Crippen LogP) is 2.74. The summed E-state index contributed by atoms with van der Waals surface area (Å²) in [4.78, 5) is 30.5. The summed E-state index contributed by atoms with van der Waals surface area (Å²) in [6.07, 6.45) is 4.46. The summed E-state index contributed by atoms with van der Waals surface area (Å²) in [5.74, 6) is 0.0508. The molecule has 1 N–H and O–H groups in total. The molecule has 3 rings (SSSR count). The molecule has 5 heteroatoms. The van der Waals surface area contributed by atoms with Crippen molar-refractivity contribution in [1.82, 2.24) is 15.2 Å². The van der Waals surface area contributed by atoms with E-state index in [9.17, 15) is 9.59 Å². The van der Waals surface area contributed by atoms with Gasteiger partial charge in [0, 0.05) is 31.7 Å². The number of hydrogen-bond acceptors (Lipinski definition) is 3. The Morgan fingerprint density at radius 1 is 1.12 bits per heavy atom. The first kappa shape index (κ1) is 18.1. The third kappa shape index (κ3) is 4.91. The van der Waals surface area contributed by atoms with Crippen molar-refractivity contribution in [2.24, 2.45) is 0 Å². The average Bonchev–Trinajstić information content (AvgIpc) is 2.68. The van der Waals surface area contributed by atoms with Gasteiger partial charge in [0.15, 0.2) is 0 Å². The average molecular weight is 351 g/mol. The van der Waals surface area contributed by atoms with E-state index in [0.29, 0.717) is 25.2 Å². The third-order valence-corrected chi connectivity index (χ3v) is 4.79. The van der Waals surface area contributed by atoms with Crippen molar-refractivity contribution in [3.8, 4) is 0 Å². The molecule has 0 unspecified atom stereocenters. The van der Waals surface area contributed by atoms with Crippen molar-refractivity contribution >= 4 is 11.8 Å². The van der Waals surface area contributed by atoms with Gasteiger partial charge in [0.05, 0.1) is 0 Å². The molecule has 2 amide bonds. The lowest BCUT2D eigenvalue weighted by atomic mass is 10.0. The molecular weight excluding hydrogens is 326 g/mol. The Morgan fingerprint density at radius 2 is 1.85 bits per heavy atom. The quantitative estimate of drug-likeness (QED) is 0.901. The summed E-state index contributed by atoms with van der Waals surface area (Å²) in [6, 6.07) is 13.8. The molecule has 0 saturated carbocycles. The molecule has 26 heavy (non-hydrogen) atoms. The molecule has 0 atom stereocenters. The van der Waals surface area contributed by atoms with Gasteiger partial charge >= 0.3 is 0 Å². The molecule has 5 nitrogen and oxygen atoms in total. The second kappa shape index (κ2) is 8.61. The van der Waals surface area contributed by atoms with Gasteiger partial charge in [0.25, 0.3) is 5.91 Å². The second-order valence-corrected chi connectivity index (χ2v) is 6.83. The summed E-state index contributed by atoms with van der Waals surface area (Å²) in [7, 11) is 0. The number of aromatic nitrogens is 1. The normalized spacial score (nSPS) is 14.9. The van der Waals surface area contributed by atoms with Gasteiger partial charge in [-0.2, -0.15) is 0 Å². The number of likely N-dealkylation sites (tertiary alicyclic amines) is 1. The molecule has 1 aliphatic heterocycles. The van der Waals surface area contributed by atoms with Crippen LogP contribution in [0.15, 0.2) is 48.7 Å². The molecular formula is C21H25N3O2. The molecule has 0 bridgehead atoms. The highest BCUT2D eigenvalue weighted by Crippen LogP contribution is 2.14. The highest BCUT2D eigenvalue weighted by molar-refractivity contribution is 5.92. The summed E-state index contributed by atoms with van der Waals surface area (Å²) in [5.41, 5.74) is 2.89. The van der Waals surface area contributed by atoms with Crippen molar-refractivity contribution in [2.45, 2.75) is 38.6 Å². The standard InChI is InChI=1S/C21H25N3O2/c1-16-5-7-17(8-6-16)9-10-20(25)23-18-11-14-24(15-12-18)21(26)19-4-2-3-13-22-19/h2-8,13,18H,9-12,14-15H2,1H3,(H,23,25). The lowest BCUT2D eigenvalue weighted by Crippen LogP contribution is -2.46. The monoisotopic (exact) mass is 351 g/mol. The fourth-order valence-corrected chi connectivity index (χ4v) is 3.19. The Balaban J connectivity index is 1.41. The Hall–Kier alpha value is -2.69. The first-order valence-electron chi connectivity index (χ1n) is 9.17. The number of amides is 2. The summed E-state index contributed by atoms with van der Waals surface area (Å²) >= 11 is 0. The third-order valence-electron chi connectivity index (χ3n) is 4.79. The van der Waals surface area contributed by atoms with Crippen LogP contribution in [0.3, 0.4) is 0 Å². The van der Waals surface area contributed by atoms with E-state index < -0.39 is 0 Å². The first-order chi connectivity index (χ1) is 12.6. The highest BCUT2D eigenvalue weighted by Gasteiger charge is 2.24. The molecule has 0 aliphatic carbocycles. The zero-order chi connectivity index (χ0) is 18.4. The van der Waals surface area contributed by atoms with E-state index in [1.807, 2.05) is 11.0 Å². The number of aryl methyl sites for hydroxylation is 2. The van der Waals surface area contributed by atoms with Crippen LogP contribution in [0.2, 0.25) is 0 Å². The largest absolute Gasteiger partial charge is 0.353 e. The molecule has 1 fully saturated rings. The maximum absolute atomic E-state index is 12.4. The minimum absolute atomic E-state index is 0.0326. The number of piperidine rings is 1. The number of carbonyl (C=O) groups is 2. The zero-order valence-corrected chi connectivity index (χ0v) is 15.1. The number of carbonyl (C=O) groups excluding carboxylic acids is 2. The maximum atomic E-state index is 12.4. The fourth-order valence-electron chi connectivity index (χ4n) is 3.19. The number of nitrogens with one attached hydrogen (secondary N) is 1. The van der Waals surface area contributed by atoms with Gasteiger partial charge in [-0.3, -0.25) is 14.6 Å². The van der Waals surface area contributed by atoms with Crippen molar-refractivity contribution < 1.29 is 9.59 Å². The van der Waals surface area contributed by atoms with E-state index >= 15 is 0 Å². The highest BCUT2D eigenvalue weighted by atomic mass is 16.2. The van der Waals surface area contributed by atoms with E-state index in [2.05, 4.69) is 41.5 Å². The Kier molecular flexibility index (Phi) is 6.00. The molecule has 2 aromatic rings. The van der Waals surface area contributed by atoms with Crippen LogP contribution >= 0.6 is 0 Å².